The Balaban J connectivity index is 3.00. The fourth-order valence-corrected chi connectivity index (χ4v) is 2.01. The van der Waals surface area contributed by atoms with Crippen molar-refractivity contribution >= 4 is 0 Å². The molecule has 0 aliphatic carbocycles. The number of aryl methyl sites for hydroxylation is 1. The van der Waals surface area contributed by atoms with Gasteiger partial charge in [0.1, 0.15) is 5.75 Å². The third kappa shape index (κ3) is 3.41. The van der Waals surface area contributed by atoms with E-state index in [4.69, 9.17) is 10.5 Å². The van der Waals surface area contributed by atoms with Crippen LogP contribution in [0.25, 0.3) is 0 Å². The highest BCUT2D eigenvalue weighted by Crippen LogP contribution is 2.26. The largest absolute Gasteiger partial charge is 0.496 e. The van der Waals surface area contributed by atoms with E-state index in [-0.39, 0.29) is 0 Å². The minimum Gasteiger partial charge on any atom is -0.496 e. The summed E-state index contributed by atoms with van der Waals surface area (Å²) in [5.74, 6) is 0.846. The van der Waals surface area contributed by atoms with Crippen molar-refractivity contribution in [3.8, 4) is 5.75 Å². The number of nitrogens with two attached hydrogens (primary N) is 1. The van der Waals surface area contributed by atoms with Gasteiger partial charge in [-0.2, -0.15) is 0 Å². The predicted molar refractivity (Wildman–Crippen MR) is 68.3 cm³/mol. The number of aliphatic hydroxyl groups is 1. The Labute approximate surface area is 103 Å². The molecule has 0 aliphatic heterocycles. The van der Waals surface area contributed by atoms with E-state index in [9.17, 15) is 5.11 Å². The molecule has 1 rings (SSSR count). The number of methoxy groups -OCH3 is 1. The van der Waals surface area contributed by atoms with Crippen molar-refractivity contribution in [1.29, 1.82) is 0 Å². The molecule has 4 heteroatoms. The Kier molecular flexibility index (Phi) is 4.48. The van der Waals surface area contributed by atoms with Crippen molar-refractivity contribution < 1.29 is 9.84 Å². The summed E-state index contributed by atoms with van der Waals surface area (Å²) in [4.78, 5) is 4.37. The van der Waals surface area contributed by atoms with Gasteiger partial charge in [0, 0.05) is 29.4 Å². The van der Waals surface area contributed by atoms with E-state index in [1.54, 1.807) is 20.2 Å². The number of ether oxygens (including phenoxy) is 1. The molecular formula is C13H22N2O2. The normalized spacial score (nSPS) is 14.5. The van der Waals surface area contributed by atoms with Gasteiger partial charge in [0.15, 0.2) is 0 Å². The molecular weight excluding hydrogens is 216 g/mol. The van der Waals surface area contributed by atoms with Gasteiger partial charge in [0.05, 0.1) is 12.7 Å². The van der Waals surface area contributed by atoms with Crippen LogP contribution in [0.3, 0.4) is 0 Å². The Hall–Kier alpha value is -1.13. The number of hydrogen-bond acceptors (Lipinski definition) is 4. The Morgan fingerprint density at radius 2 is 2.12 bits per heavy atom. The van der Waals surface area contributed by atoms with Crippen LogP contribution in [0, 0.1) is 13.8 Å². The highest BCUT2D eigenvalue weighted by atomic mass is 16.5. The molecule has 0 aromatic carbocycles. The van der Waals surface area contributed by atoms with Crippen molar-refractivity contribution in [3.63, 3.8) is 0 Å². The topological polar surface area (TPSA) is 68.4 Å². The Bertz CT molecular complexity index is 389. The van der Waals surface area contributed by atoms with Crippen molar-refractivity contribution in [2.75, 3.05) is 13.7 Å². The minimum atomic E-state index is -0.813. The van der Waals surface area contributed by atoms with Gasteiger partial charge >= 0.3 is 0 Å². The molecule has 4 nitrogen and oxygen atoms in total. The molecule has 1 heterocycles. The van der Waals surface area contributed by atoms with E-state index < -0.39 is 5.60 Å². The molecule has 1 aromatic heterocycles. The first-order chi connectivity index (χ1) is 7.91. The smallest absolute Gasteiger partial charge is 0.128 e. The molecule has 0 fully saturated rings. The third-order valence-electron chi connectivity index (χ3n) is 2.98. The van der Waals surface area contributed by atoms with Gasteiger partial charge in [0.25, 0.3) is 0 Å². The molecule has 1 aromatic rings. The summed E-state index contributed by atoms with van der Waals surface area (Å²) in [7, 11) is 1.65. The first kappa shape index (κ1) is 13.9. The highest BCUT2D eigenvalue weighted by molar-refractivity contribution is 5.41. The van der Waals surface area contributed by atoms with Gasteiger partial charge in [-0.05, 0) is 33.7 Å². The molecule has 0 aliphatic rings. The molecule has 96 valence electrons. The fraction of sp³-hybridized carbons (Fsp3) is 0.615. The van der Waals surface area contributed by atoms with Gasteiger partial charge in [-0.15, -0.1) is 0 Å². The first-order valence-electron chi connectivity index (χ1n) is 5.83. The molecule has 0 radical (unpaired) electrons. The third-order valence-corrected chi connectivity index (χ3v) is 2.98. The van der Waals surface area contributed by atoms with Crippen LogP contribution in [0.15, 0.2) is 6.20 Å². The van der Waals surface area contributed by atoms with Crippen molar-refractivity contribution in [1.82, 2.24) is 4.98 Å². The van der Waals surface area contributed by atoms with E-state index in [1.807, 2.05) is 13.8 Å². The molecule has 0 saturated carbocycles. The van der Waals surface area contributed by atoms with Crippen LogP contribution < -0.4 is 10.5 Å². The van der Waals surface area contributed by atoms with Crippen molar-refractivity contribution in [2.24, 2.45) is 5.73 Å². The molecule has 0 amide bonds. The lowest BCUT2D eigenvalue weighted by molar-refractivity contribution is 0.0527. The maximum absolute atomic E-state index is 10.2. The van der Waals surface area contributed by atoms with E-state index >= 15 is 0 Å². The molecule has 0 spiro atoms. The number of rotatable bonds is 5. The second kappa shape index (κ2) is 5.47. The standard InChI is InChI=1S/C13H22N2O2/c1-9-8-15-11(10(2)12(9)17-4)7-13(3,16)5-6-14/h8,16H,5-7,14H2,1-4H3. The number of hydrogen-bond donors (Lipinski definition) is 2. The second-order valence-electron chi connectivity index (χ2n) is 4.76. The van der Waals surface area contributed by atoms with Crippen LogP contribution in [0.4, 0.5) is 0 Å². The average Bonchev–Trinajstić information content (AvgIpc) is 2.23. The van der Waals surface area contributed by atoms with Gasteiger partial charge in [-0.25, -0.2) is 0 Å². The van der Waals surface area contributed by atoms with Crippen LogP contribution in [-0.4, -0.2) is 29.3 Å². The summed E-state index contributed by atoms with van der Waals surface area (Å²) in [5.41, 5.74) is 7.53. The number of nitrogens with zero attached hydrogens (tertiary/aromatic N) is 1. The summed E-state index contributed by atoms with van der Waals surface area (Å²) in [5, 5.41) is 10.2. The summed E-state index contributed by atoms with van der Waals surface area (Å²) >= 11 is 0. The van der Waals surface area contributed by atoms with Crippen LogP contribution in [-0.2, 0) is 6.42 Å². The maximum atomic E-state index is 10.2. The first-order valence-corrected chi connectivity index (χ1v) is 5.83. The lowest BCUT2D eigenvalue weighted by Gasteiger charge is -2.23. The molecule has 0 saturated heterocycles. The zero-order valence-corrected chi connectivity index (χ0v) is 11.1. The van der Waals surface area contributed by atoms with Crippen LogP contribution in [0.5, 0.6) is 5.75 Å². The quantitative estimate of drug-likeness (QED) is 0.812. The lowest BCUT2D eigenvalue weighted by Crippen LogP contribution is -2.31. The fourth-order valence-electron chi connectivity index (χ4n) is 2.01. The molecule has 17 heavy (non-hydrogen) atoms. The monoisotopic (exact) mass is 238 g/mol. The average molecular weight is 238 g/mol. The van der Waals surface area contributed by atoms with Crippen LogP contribution in [0.2, 0.25) is 0 Å². The zero-order valence-electron chi connectivity index (χ0n) is 11.1. The SMILES string of the molecule is COc1c(C)cnc(CC(C)(O)CCN)c1C. The summed E-state index contributed by atoms with van der Waals surface area (Å²) < 4.78 is 5.34. The second-order valence-corrected chi connectivity index (χ2v) is 4.76. The zero-order chi connectivity index (χ0) is 13.1. The Morgan fingerprint density at radius 3 is 2.65 bits per heavy atom. The number of aromatic nitrogens is 1. The van der Waals surface area contributed by atoms with E-state index in [0.717, 1.165) is 22.6 Å². The van der Waals surface area contributed by atoms with Gasteiger partial charge in [0.2, 0.25) is 0 Å². The number of pyridine rings is 1. The van der Waals surface area contributed by atoms with E-state index in [2.05, 4.69) is 4.98 Å². The highest BCUT2D eigenvalue weighted by Gasteiger charge is 2.22. The van der Waals surface area contributed by atoms with Crippen molar-refractivity contribution in [3.05, 3.63) is 23.0 Å². The van der Waals surface area contributed by atoms with Gasteiger partial charge < -0.3 is 15.6 Å². The summed E-state index contributed by atoms with van der Waals surface area (Å²) in [6.45, 7) is 6.18. The van der Waals surface area contributed by atoms with Gasteiger partial charge in [-0.1, -0.05) is 0 Å². The minimum absolute atomic E-state index is 0.467. The van der Waals surface area contributed by atoms with E-state index in [1.165, 1.54) is 0 Å². The van der Waals surface area contributed by atoms with Gasteiger partial charge in [-0.3, -0.25) is 4.98 Å². The Morgan fingerprint density at radius 1 is 1.47 bits per heavy atom. The molecule has 3 N–H and O–H groups in total. The van der Waals surface area contributed by atoms with Crippen LogP contribution in [0.1, 0.15) is 30.2 Å². The van der Waals surface area contributed by atoms with Crippen LogP contribution >= 0.6 is 0 Å². The summed E-state index contributed by atoms with van der Waals surface area (Å²) in [6.07, 6.45) is 2.83. The van der Waals surface area contributed by atoms with Crippen molar-refractivity contribution in [2.45, 2.75) is 39.2 Å². The summed E-state index contributed by atoms with van der Waals surface area (Å²) in [6, 6.07) is 0. The lowest BCUT2D eigenvalue weighted by atomic mass is 9.93. The molecule has 1 atom stereocenters. The molecule has 0 bridgehead atoms. The maximum Gasteiger partial charge on any atom is 0.128 e. The predicted octanol–water partition coefficient (Wildman–Crippen LogP) is 1.35. The molecule has 1 unspecified atom stereocenters. The van der Waals surface area contributed by atoms with E-state index in [0.29, 0.717) is 19.4 Å².